The van der Waals surface area contributed by atoms with Gasteiger partial charge in [-0.15, -0.1) is 0 Å². The number of nitrogens with zero attached hydrogens (tertiary/aromatic N) is 3. The third-order valence-electron chi connectivity index (χ3n) is 7.12. The largest absolute Gasteiger partial charge is 0.496 e. The van der Waals surface area contributed by atoms with Crippen LogP contribution in [0.2, 0.25) is 5.02 Å². The number of carboxylic acids is 1. The van der Waals surface area contributed by atoms with Crippen LogP contribution in [0.4, 0.5) is 0 Å². The van der Waals surface area contributed by atoms with Crippen molar-refractivity contribution in [1.82, 2.24) is 9.47 Å². The number of hydrogen-bond acceptors (Lipinski definition) is 7. The minimum absolute atomic E-state index is 0.00737. The predicted molar refractivity (Wildman–Crippen MR) is 161 cm³/mol. The van der Waals surface area contributed by atoms with Gasteiger partial charge in [0.25, 0.3) is 11.5 Å². The van der Waals surface area contributed by atoms with Gasteiger partial charge in [0.05, 0.1) is 33.5 Å². The number of carbonyl (C=O) groups excluding carboxylic acids is 1. The molecule has 1 N–H and O–H groups in total. The molecule has 1 atom stereocenters. The number of ether oxygens (including phenoxy) is 1. The molecular formula is C31H28ClN3O6S. The van der Waals surface area contributed by atoms with E-state index in [9.17, 15) is 19.5 Å². The Balaban J connectivity index is 1.64. The molecule has 42 heavy (non-hydrogen) atoms. The minimum atomic E-state index is -1.12. The van der Waals surface area contributed by atoms with Crippen molar-refractivity contribution in [3.8, 4) is 17.1 Å². The fourth-order valence-corrected chi connectivity index (χ4v) is 6.31. The number of hydrogen-bond donors (Lipinski definition) is 1. The summed E-state index contributed by atoms with van der Waals surface area (Å²) in [5, 5.41) is 9.34. The van der Waals surface area contributed by atoms with Crippen LogP contribution >= 0.6 is 22.9 Å². The fraction of sp³-hybridized carbons (Fsp3) is 0.226. The van der Waals surface area contributed by atoms with E-state index >= 15 is 0 Å². The van der Waals surface area contributed by atoms with Crippen molar-refractivity contribution >= 4 is 40.9 Å². The molecule has 0 unspecified atom stereocenters. The van der Waals surface area contributed by atoms with E-state index in [1.807, 2.05) is 32.0 Å². The van der Waals surface area contributed by atoms with Crippen LogP contribution in [-0.4, -0.2) is 46.6 Å². The van der Waals surface area contributed by atoms with E-state index in [2.05, 4.69) is 0 Å². The molecule has 3 heterocycles. The van der Waals surface area contributed by atoms with E-state index in [1.165, 1.54) is 23.5 Å². The highest BCUT2D eigenvalue weighted by molar-refractivity contribution is 7.07. The molecule has 4 aromatic rings. The Hall–Kier alpha value is -4.41. The standard InChI is InChI=1S/C31H28ClN3O6S/c1-5-34(6-2)29(37)26-17(3)33-31-35(27(26)21-9-7-8-10-24(21)40-4)28(36)25(42-31)16-19-12-14-23(41-19)18-11-13-20(30(38)39)22(32)15-18/h7-16,27H,5-6H2,1-4H3,(H,38,39)/b25-16+/t27-/m0/s1. The van der Waals surface area contributed by atoms with Crippen molar-refractivity contribution in [2.75, 3.05) is 20.2 Å². The number of benzene rings is 2. The van der Waals surface area contributed by atoms with Gasteiger partial charge in [-0.1, -0.05) is 47.2 Å². The molecule has 0 radical (unpaired) electrons. The summed E-state index contributed by atoms with van der Waals surface area (Å²) in [7, 11) is 1.56. The molecule has 11 heteroatoms. The average Bonchev–Trinajstić information content (AvgIpc) is 3.56. The molecule has 5 rings (SSSR count). The molecule has 1 aliphatic heterocycles. The van der Waals surface area contributed by atoms with E-state index in [0.717, 1.165) is 0 Å². The van der Waals surface area contributed by atoms with Crippen molar-refractivity contribution in [3.63, 3.8) is 0 Å². The summed E-state index contributed by atoms with van der Waals surface area (Å²) < 4.78 is 13.6. The van der Waals surface area contributed by atoms with Crippen LogP contribution in [0.3, 0.4) is 0 Å². The number of rotatable bonds is 8. The van der Waals surface area contributed by atoms with Crippen molar-refractivity contribution in [1.29, 1.82) is 0 Å². The smallest absolute Gasteiger partial charge is 0.337 e. The van der Waals surface area contributed by atoms with Gasteiger partial charge in [-0.2, -0.15) is 0 Å². The molecule has 2 aromatic heterocycles. The number of fused-ring (bicyclic) bond motifs is 1. The van der Waals surface area contributed by atoms with Gasteiger partial charge >= 0.3 is 5.97 Å². The zero-order valence-electron chi connectivity index (χ0n) is 23.4. The molecule has 1 amide bonds. The van der Waals surface area contributed by atoms with E-state index in [0.29, 0.717) is 62.1 Å². The van der Waals surface area contributed by atoms with Crippen LogP contribution < -0.4 is 19.6 Å². The SMILES string of the molecule is CCN(CC)C(=O)C1=C(C)N=c2s/c(=C/c3ccc(-c4ccc(C(=O)O)c(Cl)c4)o3)c(=O)n2[C@H]1c1ccccc1OC. The molecule has 9 nitrogen and oxygen atoms in total. The number of likely N-dealkylation sites (N-methyl/N-ethyl adjacent to an activating group) is 1. The molecule has 0 aliphatic carbocycles. The quantitative estimate of drug-likeness (QED) is 0.311. The van der Waals surface area contributed by atoms with Gasteiger partial charge in [-0.3, -0.25) is 14.2 Å². The molecule has 1 aliphatic rings. The van der Waals surface area contributed by atoms with E-state index in [1.54, 1.807) is 53.8 Å². The van der Waals surface area contributed by atoms with Crippen molar-refractivity contribution in [2.45, 2.75) is 26.8 Å². The summed E-state index contributed by atoms with van der Waals surface area (Å²) in [5.74, 6) is 0.126. The van der Waals surface area contributed by atoms with Crippen LogP contribution in [-0.2, 0) is 4.79 Å². The maximum absolute atomic E-state index is 14.0. The van der Waals surface area contributed by atoms with Crippen LogP contribution in [0.1, 0.15) is 48.5 Å². The Morgan fingerprint density at radius 1 is 1.17 bits per heavy atom. The number of carbonyl (C=O) groups is 2. The first-order chi connectivity index (χ1) is 20.2. The van der Waals surface area contributed by atoms with Gasteiger partial charge in [0.15, 0.2) is 4.80 Å². The second-order valence-electron chi connectivity index (χ2n) is 9.50. The summed E-state index contributed by atoms with van der Waals surface area (Å²) >= 11 is 7.34. The van der Waals surface area contributed by atoms with Crippen molar-refractivity contribution < 1.29 is 23.8 Å². The number of amides is 1. The number of allylic oxidation sites excluding steroid dienone is 1. The van der Waals surface area contributed by atoms with Gasteiger partial charge in [-0.05, 0) is 51.1 Å². The first kappa shape index (κ1) is 29.1. The lowest BCUT2D eigenvalue weighted by atomic mass is 9.94. The number of methoxy groups -OCH3 is 1. The lowest BCUT2D eigenvalue weighted by Crippen LogP contribution is -2.43. The molecule has 0 saturated carbocycles. The zero-order chi connectivity index (χ0) is 30.1. The maximum Gasteiger partial charge on any atom is 0.337 e. The third-order valence-corrected chi connectivity index (χ3v) is 8.42. The third kappa shape index (κ3) is 5.19. The van der Waals surface area contributed by atoms with Crippen LogP contribution in [0.5, 0.6) is 5.75 Å². The molecule has 2 aromatic carbocycles. The molecule has 0 fully saturated rings. The van der Waals surface area contributed by atoms with Crippen LogP contribution in [0, 0.1) is 0 Å². The highest BCUT2D eigenvalue weighted by Gasteiger charge is 2.35. The molecule has 216 valence electrons. The Morgan fingerprint density at radius 2 is 1.90 bits per heavy atom. The summed E-state index contributed by atoms with van der Waals surface area (Å²) in [5.41, 5.74) is 1.91. The van der Waals surface area contributed by atoms with Gasteiger partial charge in [0, 0.05) is 30.3 Å². The number of aromatic carboxylic acids is 1. The summed E-state index contributed by atoms with van der Waals surface area (Å²) in [6.07, 6.45) is 1.63. The van der Waals surface area contributed by atoms with Gasteiger partial charge in [-0.25, -0.2) is 9.79 Å². The van der Waals surface area contributed by atoms with Gasteiger partial charge < -0.3 is 19.2 Å². The first-order valence-electron chi connectivity index (χ1n) is 13.3. The summed E-state index contributed by atoms with van der Waals surface area (Å²) in [6.45, 7) is 6.64. The van der Waals surface area contributed by atoms with E-state index < -0.39 is 12.0 Å². The maximum atomic E-state index is 14.0. The van der Waals surface area contributed by atoms with Crippen LogP contribution in [0.25, 0.3) is 17.4 Å². The van der Waals surface area contributed by atoms with Gasteiger partial charge in [0.2, 0.25) is 0 Å². The number of thiazole rings is 1. The molecule has 0 saturated heterocycles. The number of para-hydroxylation sites is 1. The predicted octanol–water partition coefficient (Wildman–Crippen LogP) is 4.72. The number of aromatic nitrogens is 1. The van der Waals surface area contributed by atoms with Crippen molar-refractivity contribution in [3.05, 3.63) is 107 Å². The Bertz CT molecular complexity index is 1910. The normalized spacial score (nSPS) is 14.9. The van der Waals surface area contributed by atoms with Crippen LogP contribution in [0.15, 0.2) is 80.1 Å². The Labute approximate surface area is 250 Å². The fourth-order valence-electron chi connectivity index (χ4n) is 5.02. The number of furan rings is 1. The number of halogens is 1. The molecule has 0 spiro atoms. The zero-order valence-corrected chi connectivity index (χ0v) is 25.0. The number of carboxylic acid groups (broad SMARTS) is 1. The summed E-state index contributed by atoms with van der Waals surface area (Å²) in [6, 6.07) is 14.6. The van der Waals surface area contributed by atoms with E-state index in [-0.39, 0.29) is 22.1 Å². The van der Waals surface area contributed by atoms with Gasteiger partial charge in [0.1, 0.15) is 23.3 Å². The monoisotopic (exact) mass is 605 g/mol. The Kier molecular flexibility index (Phi) is 8.20. The first-order valence-corrected chi connectivity index (χ1v) is 14.5. The van der Waals surface area contributed by atoms with Crippen molar-refractivity contribution in [2.24, 2.45) is 4.99 Å². The average molecular weight is 606 g/mol. The summed E-state index contributed by atoms with van der Waals surface area (Å²) in [4.78, 5) is 45.9. The minimum Gasteiger partial charge on any atom is -0.496 e. The second-order valence-corrected chi connectivity index (χ2v) is 10.9. The lowest BCUT2D eigenvalue weighted by molar-refractivity contribution is -0.127. The lowest BCUT2D eigenvalue weighted by Gasteiger charge is -2.29. The Morgan fingerprint density at radius 3 is 2.57 bits per heavy atom. The highest BCUT2D eigenvalue weighted by Crippen LogP contribution is 2.36. The topological polar surface area (TPSA) is 114 Å². The second kappa shape index (κ2) is 11.8. The van der Waals surface area contributed by atoms with E-state index in [4.69, 9.17) is 25.7 Å². The molecule has 0 bridgehead atoms. The molecular weight excluding hydrogens is 578 g/mol. The highest BCUT2D eigenvalue weighted by atomic mass is 35.5.